The summed E-state index contributed by atoms with van der Waals surface area (Å²) in [6.45, 7) is 7.80. The SMILES string of the molecule is CCCCC1CC[C@]2(C)C3=C(CCC3)CC[N+]2(C)C1. The second kappa shape index (κ2) is 4.91. The molecule has 3 aliphatic rings. The third-order valence-corrected chi connectivity index (χ3v) is 6.75. The van der Waals surface area contributed by atoms with Gasteiger partial charge in [0.25, 0.3) is 0 Å². The molecule has 3 rings (SSSR count). The van der Waals surface area contributed by atoms with Gasteiger partial charge in [-0.25, -0.2) is 0 Å². The van der Waals surface area contributed by atoms with E-state index < -0.39 is 0 Å². The highest BCUT2D eigenvalue weighted by Gasteiger charge is 2.54. The first-order chi connectivity index (χ1) is 9.09. The molecule has 1 nitrogen and oxygen atoms in total. The summed E-state index contributed by atoms with van der Waals surface area (Å²) in [5, 5.41) is 0. The molecule has 1 heteroatoms. The summed E-state index contributed by atoms with van der Waals surface area (Å²) in [6.07, 6.45) is 12.9. The Morgan fingerprint density at radius 2 is 2.11 bits per heavy atom. The Labute approximate surface area is 119 Å². The Hall–Kier alpha value is -0.300. The van der Waals surface area contributed by atoms with Gasteiger partial charge < -0.3 is 4.48 Å². The van der Waals surface area contributed by atoms with Crippen LogP contribution in [-0.2, 0) is 0 Å². The fourth-order valence-electron chi connectivity index (χ4n) is 5.27. The Kier molecular flexibility index (Phi) is 3.53. The van der Waals surface area contributed by atoms with Crippen molar-refractivity contribution in [2.24, 2.45) is 5.92 Å². The van der Waals surface area contributed by atoms with Crippen molar-refractivity contribution in [1.82, 2.24) is 0 Å². The first-order valence-electron chi connectivity index (χ1n) is 8.65. The Morgan fingerprint density at radius 3 is 2.89 bits per heavy atom. The molecule has 0 amide bonds. The number of rotatable bonds is 3. The lowest BCUT2D eigenvalue weighted by atomic mass is 9.71. The van der Waals surface area contributed by atoms with Gasteiger partial charge in [-0.05, 0) is 44.6 Å². The predicted molar refractivity (Wildman–Crippen MR) is 82.1 cm³/mol. The van der Waals surface area contributed by atoms with Gasteiger partial charge in [0, 0.05) is 18.8 Å². The molecule has 108 valence electrons. The first-order valence-corrected chi connectivity index (χ1v) is 8.65. The van der Waals surface area contributed by atoms with E-state index in [0.717, 1.165) is 5.92 Å². The van der Waals surface area contributed by atoms with Crippen molar-refractivity contribution in [2.75, 3.05) is 20.1 Å². The Morgan fingerprint density at radius 1 is 1.26 bits per heavy atom. The molecular formula is C18H32N+. The molecule has 1 fully saturated rings. The lowest BCUT2D eigenvalue weighted by molar-refractivity contribution is -0.961. The molecule has 0 bridgehead atoms. The third-order valence-electron chi connectivity index (χ3n) is 6.75. The van der Waals surface area contributed by atoms with Gasteiger partial charge in [-0.2, -0.15) is 0 Å². The molecular weight excluding hydrogens is 230 g/mol. The molecule has 19 heavy (non-hydrogen) atoms. The summed E-state index contributed by atoms with van der Waals surface area (Å²) in [4.78, 5) is 0. The van der Waals surface area contributed by atoms with E-state index in [1.807, 2.05) is 11.1 Å². The van der Waals surface area contributed by atoms with E-state index in [-0.39, 0.29) is 0 Å². The van der Waals surface area contributed by atoms with Crippen molar-refractivity contribution in [3.63, 3.8) is 0 Å². The van der Waals surface area contributed by atoms with Gasteiger partial charge in [-0.1, -0.05) is 25.3 Å². The van der Waals surface area contributed by atoms with E-state index in [1.54, 1.807) is 0 Å². The summed E-state index contributed by atoms with van der Waals surface area (Å²) < 4.78 is 1.36. The molecule has 0 aromatic heterocycles. The number of piperidine rings is 1. The zero-order chi connectivity index (χ0) is 13.5. The second-order valence-corrected chi connectivity index (χ2v) is 7.81. The average molecular weight is 262 g/mol. The monoisotopic (exact) mass is 262 g/mol. The van der Waals surface area contributed by atoms with Gasteiger partial charge in [0.2, 0.25) is 0 Å². The van der Waals surface area contributed by atoms with Crippen LogP contribution >= 0.6 is 0 Å². The fourth-order valence-corrected chi connectivity index (χ4v) is 5.27. The second-order valence-electron chi connectivity index (χ2n) is 7.81. The van der Waals surface area contributed by atoms with Crippen molar-refractivity contribution in [1.29, 1.82) is 0 Å². The van der Waals surface area contributed by atoms with Gasteiger partial charge in [0.05, 0.1) is 20.1 Å². The summed E-state index contributed by atoms with van der Waals surface area (Å²) >= 11 is 0. The molecule has 2 heterocycles. The molecule has 2 aliphatic heterocycles. The van der Waals surface area contributed by atoms with E-state index in [9.17, 15) is 0 Å². The first kappa shape index (κ1) is 13.7. The van der Waals surface area contributed by atoms with Crippen LogP contribution in [-0.4, -0.2) is 30.2 Å². The summed E-state index contributed by atoms with van der Waals surface area (Å²) in [6, 6.07) is 0. The van der Waals surface area contributed by atoms with Crippen molar-refractivity contribution in [2.45, 2.75) is 77.2 Å². The van der Waals surface area contributed by atoms with Crippen LogP contribution in [0, 0.1) is 5.92 Å². The number of nitrogens with zero attached hydrogens (tertiary/aromatic N) is 1. The van der Waals surface area contributed by atoms with Crippen LogP contribution in [0.2, 0.25) is 0 Å². The quantitative estimate of drug-likeness (QED) is 0.512. The van der Waals surface area contributed by atoms with Gasteiger partial charge >= 0.3 is 0 Å². The maximum absolute atomic E-state index is 2.60. The zero-order valence-corrected chi connectivity index (χ0v) is 13.3. The summed E-state index contributed by atoms with van der Waals surface area (Å²) in [5.41, 5.74) is 4.27. The van der Waals surface area contributed by atoms with E-state index >= 15 is 0 Å². The van der Waals surface area contributed by atoms with Crippen molar-refractivity contribution in [3.05, 3.63) is 11.1 Å². The number of hydrogen-bond acceptors (Lipinski definition) is 0. The van der Waals surface area contributed by atoms with Crippen LogP contribution in [0.1, 0.15) is 71.6 Å². The fraction of sp³-hybridized carbons (Fsp3) is 0.889. The highest BCUT2D eigenvalue weighted by atomic mass is 15.4. The van der Waals surface area contributed by atoms with Crippen LogP contribution in [0.4, 0.5) is 0 Å². The largest absolute Gasteiger partial charge is 0.317 e. The molecule has 0 saturated carbocycles. The number of quaternary nitrogens is 1. The number of likely N-dealkylation sites (N-methyl/N-ethyl adjacent to an activating group) is 1. The predicted octanol–water partition coefficient (Wildman–Crippen LogP) is 4.68. The molecule has 2 unspecified atom stereocenters. The zero-order valence-electron chi connectivity index (χ0n) is 13.3. The number of fused-ring (bicyclic) bond motifs is 2. The minimum absolute atomic E-state index is 0.507. The van der Waals surface area contributed by atoms with Gasteiger partial charge in [0.1, 0.15) is 5.54 Å². The lowest BCUT2D eigenvalue weighted by Crippen LogP contribution is -2.67. The van der Waals surface area contributed by atoms with Crippen LogP contribution in [0.3, 0.4) is 0 Å². The Bertz CT molecular complexity index is 383. The van der Waals surface area contributed by atoms with E-state index in [4.69, 9.17) is 0 Å². The molecule has 1 saturated heterocycles. The minimum Gasteiger partial charge on any atom is -0.317 e. The van der Waals surface area contributed by atoms with Crippen LogP contribution in [0.5, 0.6) is 0 Å². The van der Waals surface area contributed by atoms with Gasteiger partial charge in [-0.3, -0.25) is 0 Å². The molecule has 0 spiro atoms. The molecule has 0 radical (unpaired) electrons. The molecule has 0 aromatic rings. The highest BCUT2D eigenvalue weighted by molar-refractivity contribution is 5.30. The smallest absolute Gasteiger partial charge is 0.118 e. The highest BCUT2D eigenvalue weighted by Crippen LogP contribution is 2.51. The minimum atomic E-state index is 0.507. The standard InChI is InChI=1S/C18H32N/c1-4-5-7-15-10-12-18(2)17-9-6-8-16(17)11-13-19(18,3)14-15/h15H,4-14H2,1-3H3/q+1/t15?,18-,19?/m1/s1. The maximum Gasteiger partial charge on any atom is 0.118 e. The maximum atomic E-state index is 2.60. The summed E-state index contributed by atoms with van der Waals surface area (Å²) in [5.74, 6) is 1.00. The molecule has 1 aliphatic carbocycles. The van der Waals surface area contributed by atoms with Crippen molar-refractivity contribution in [3.8, 4) is 0 Å². The van der Waals surface area contributed by atoms with Crippen LogP contribution in [0.25, 0.3) is 0 Å². The number of hydrogen-bond donors (Lipinski definition) is 0. The average Bonchev–Trinajstić information content (AvgIpc) is 2.87. The molecule has 0 aromatic carbocycles. The van der Waals surface area contributed by atoms with Gasteiger partial charge in [0.15, 0.2) is 0 Å². The van der Waals surface area contributed by atoms with Crippen LogP contribution < -0.4 is 0 Å². The van der Waals surface area contributed by atoms with Gasteiger partial charge in [-0.15, -0.1) is 0 Å². The van der Waals surface area contributed by atoms with Crippen molar-refractivity contribution >= 4 is 0 Å². The third kappa shape index (κ3) is 2.09. The van der Waals surface area contributed by atoms with Crippen molar-refractivity contribution < 1.29 is 4.48 Å². The Balaban J connectivity index is 1.81. The molecule has 3 atom stereocenters. The summed E-state index contributed by atoms with van der Waals surface area (Å²) in [7, 11) is 2.57. The number of unbranched alkanes of at least 4 members (excludes halogenated alkanes) is 1. The van der Waals surface area contributed by atoms with E-state index in [2.05, 4.69) is 20.9 Å². The van der Waals surface area contributed by atoms with E-state index in [0.29, 0.717) is 5.54 Å². The van der Waals surface area contributed by atoms with Crippen LogP contribution in [0.15, 0.2) is 11.1 Å². The molecule has 0 N–H and O–H groups in total. The topological polar surface area (TPSA) is 0 Å². The van der Waals surface area contributed by atoms with E-state index in [1.165, 1.54) is 75.4 Å². The lowest BCUT2D eigenvalue weighted by Gasteiger charge is -2.57. The normalized spacial score (nSPS) is 42.2.